The molecule has 6 nitrogen and oxygen atoms in total. The molecule has 1 fully saturated rings. The Morgan fingerprint density at radius 3 is 2.79 bits per heavy atom. The number of nitrogens with one attached hydrogen (secondary N) is 1. The third kappa shape index (κ3) is 3.55. The quantitative estimate of drug-likeness (QED) is 0.772. The van der Waals surface area contributed by atoms with Crippen LogP contribution in [0.2, 0.25) is 0 Å². The number of rotatable bonds is 7. The van der Waals surface area contributed by atoms with Crippen LogP contribution in [0.15, 0.2) is 17.3 Å². The number of sulfonamides is 1. The second-order valence-corrected chi connectivity index (χ2v) is 7.37. The number of aromatic nitrogens is 2. The monoisotopic (exact) mass is 286 g/mol. The molecular weight excluding hydrogens is 264 g/mol. The summed E-state index contributed by atoms with van der Waals surface area (Å²) in [6.45, 7) is 5.06. The summed E-state index contributed by atoms with van der Waals surface area (Å²) in [6, 6.07) is 0. The van der Waals surface area contributed by atoms with Gasteiger partial charge in [0.15, 0.2) is 0 Å². The van der Waals surface area contributed by atoms with E-state index in [0.717, 1.165) is 19.3 Å². The molecule has 0 aliphatic heterocycles. The lowest BCUT2D eigenvalue weighted by Gasteiger charge is -2.25. The largest absolute Gasteiger partial charge is 0.330 e. The standard InChI is InChI=1S/C12H22N4O2S/c1-12(2,10-4-5-10)15-19(17,18)11-8-14-16(9-11)7-3-6-13/h8-10,15H,3-7,13H2,1-2H3. The molecule has 0 spiro atoms. The summed E-state index contributed by atoms with van der Waals surface area (Å²) in [4.78, 5) is 0.221. The highest BCUT2D eigenvalue weighted by atomic mass is 32.2. The molecule has 0 amide bonds. The Kier molecular flexibility index (Phi) is 3.98. The maximum absolute atomic E-state index is 12.3. The highest BCUT2D eigenvalue weighted by molar-refractivity contribution is 7.89. The summed E-state index contributed by atoms with van der Waals surface area (Å²) >= 11 is 0. The molecule has 0 radical (unpaired) electrons. The van der Waals surface area contributed by atoms with Crippen LogP contribution in [0.3, 0.4) is 0 Å². The molecule has 1 saturated carbocycles. The smallest absolute Gasteiger partial charge is 0.244 e. The molecule has 1 heterocycles. The Labute approximate surface area is 114 Å². The maximum atomic E-state index is 12.3. The molecule has 0 aromatic carbocycles. The molecule has 0 atom stereocenters. The van der Waals surface area contributed by atoms with Gasteiger partial charge in [-0.05, 0) is 45.6 Å². The van der Waals surface area contributed by atoms with E-state index < -0.39 is 15.6 Å². The van der Waals surface area contributed by atoms with E-state index in [1.807, 2.05) is 13.8 Å². The Balaban J connectivity index is 2.08. The first kappa shape index (κ1) is 14.5. The topological polar surface area (TPSA) is 90.0 Å². The molecule has 0 saturated heterocycles. The van der Waals surface area contributed by atoms with Gasteiger partial charge in [0.05, 0.1) is 6.20 Å². The molecule has 19 heavy (non-hydrogen) atoms. The van der Waals surface area contributed by atoms with Gasteiger partial charge in [-0.3, -0.25) is 4.68 Å². The average molecular weight is 286 g/mol. The van der Waals surface area contributed by atoms with Gasteiger partial charge in [0, 0.05) is 18.3 Å². The summed E-state index contributed by atoms with van der Waals surface area (Å²) in [5.74, 6) is 0.439. The van der Waals surface area contributed by atoms with Crippen molar-refractivity contribution < 1.29 is 8.42 Å². The van der Waals surface area contributed by atoms with Crippen molar-refractivity contribution in [3.8, 4) is 0 Å². The lowest BCUT2D eigenvalue weighted by Crippen LogP contribution is -2.44. The van der Waals surface area contributed by atoms with Crippen LogP contribution in [0.1, 0.15) is 33.1 Å². The Hall–Kier alpha value is -0.920. The van der Waals surface area contributed by atoms with Gasteiger partial charge in [0.1, 0.15) is 4.90 Å². The van der Waals surface area contributed by atoms with E-state index in [-0.39, 0.29) is 4.90 Å². The van der Waals surface area contributed by atoms with Gasteiger partial charge in [-0.1, -0.05) is 0 Å². The molecule has 0 bridgehead atoms. The first-order valence-corrected chi connectivity index (χ1v) is 8.10. The predicted molar refractivity (Wildman–Crippen MR) is 73.0 cm³/mol. The molecular formula is C12H22N4O2S. The minimum absolute atomic E-state index is 0.221. The summed E-state index contributed by atoms with van der Waals surface area (Å²) in [5, 5.41) is 4.05. The summed E-state index contributed by atoms with van der Waals surface area (Å²) in [5.41, 5.74) is 5.03. The Morgan fingerprint density at radius 2 is 2.21 bits per heavy atom. The molecule has 1 aromatic heterocycles. The van der Waals surface area contributed by atoms with E-state index in [4.69, 9.17) is 5.73 Å². The lowest BCUT2D eigenvalue weighted by atomic mass is 10.0. The van der Waals surface area contributed by atoms with Crippen molar-refractivity contribution in [3.05, 3.63) is 12.4 Å². The van der Waals surface area contributed by atoms with Crippen molar-refractivity contribution in [2.24, 2.45) is 11.7 Å². The first-order chi connectivity index (χ1) is 8.85. The molecule has 1 aromatic rings. The van der Waals surface area contributed by atoms with Crippen LogP contribution in [0.25, 0.3) is 0 Å². The minimum Gasteiger partial charge on any atom is -0.330 e. The highest BCUT2D eigenvalue weighted by Gasteiger charge is 2.40. The fourth-order valence-electron chi connectivity index (χ4n) is 2.15. The number of hydrogen-bond donors (Lipinski definition) is 2. The van der Waals surface area contributed by atoms with Crippen LogP contribution >= 0.6 is 0 Å². The van der Waals surface area contributed by atoms with Crippen molar-refractivity contribution >= 4 is 10.0 Å². The molecule has 108 valence electrons. The number of nitrogens with two attached hydrogens (primary N) is 1. The van der Waals surface area contributed by atoms with Crippen LogP contribution in [0, 0.1) is 5.92 Å². The van der Waals surface area contributed by atoms with Crippen LogP contribution in [-0.4, -0.2) is 30.3 Å². The number of hydrogen-bond acceptors (Lipinski definition) is 4. The van der Waals surface area contributed by atoms with E-state index in [2.05, 4.69) is 9.82 Å². The average Bonchev–Trinajstić information content (AvgIpc) is 3.05. The fraction of sp³-hybridized carbons (Fsp3) is 0.750. The van der Waals surface area contributed by atoms with E-state index in [0.29, 0.717) is 19.0 Å². The highest BCUT2D eigenvalue weighted by Crippen LogP contribution is 2.39. The van der Waals surface area contributed by atoms with Gasteiger partial charge < -0.3 is 5.73 Å². The van der Waals surface area contributed by atoms with Crippen molar-refractivity contribution in [1.82, 2.24) is 14.5 Å². The fourth-order valence-corrected chi connectivity index (χ4v) is 3.58. The minimum atomic E-state index is -3.49. The van der Waals surface area contributed by atoms with Crippen LogP contribution in [0.4, 0.5) is 0 Å². The van der Waals surface area contributed by atoms with Gasteiger partial charge in [-0.2, -0.15) is 5.10 Å². The van der Waals surface area contributed by atoms with Gasteiger partial charge in [-0.15, -0.1) is 0 Å². The van der Waals surface area contributed by atoms with E-state index in [1.165, 1.54) is 6.20 Å². The number of aryl methyl sites for hydroxylation is 1. The zero-order chi connectivity index (χ0) is 14.1. The predicted octanol–water partition coefficient (Wildman–Crippen LogP) is 0.699. The third-order valence-corrected chi connectivity index (χ3v) is 5.13. The Bertz CT molecular complexity index is 532. The summed E-state index contributed by atoms with van der Waals surface area (Å²) in [6.07, 6.45) is 5.90. The second kappa shape index (κ2) is 5.22. The van der Waals surface area contributed by atoms with Gasteiger partial charge in [0.2, 0.25) is 10.0 Å². The lowest BCUT2D eigenvalue weighted by molar-refractivity contribution is 0.400. The second-order valence-electron chi connectivity index (χ2n) is 5.68. The first-order valence-electron chi connectivity index (χ1n) is 6.61. The van der Waals surface area contributed by atoms with Gasteiger partial charge in [0.25, 0.3) is 0 Å². The molecule has 3 N–H and O–H groups in total. The zero-order valence-electron chi connectivity index (χ0n) is 11.5. The zero-order valence-corrected chi connectivity index (χ0v) is 12.3. The van der Waals surface area contributed by atoms with Crippen LogP contribution < -0.4 is 10.5 Å². The van der Waals surface area contributed by atoms with Gasteiger partial charge in [-0.25, -0.2) is 13.1 Å². The van der Waals surface area contributed by atoms with Crippen molar-refractivity contribution in [1.29, 1.82) is 0 Å². The van der Waals surface area contributed by atoms with E-state index >= 15 is 0 Å². The normalized spacial score (nSPS) is 16.8. The summed E-state index contributed by atoms with van der Waals surface area (Å²) < 4.78 is 28.9. The number of nitrogens with zero attached hydrogens (tertiary/aromatic N) is 2. The van der Waals surface area contributed by atoms with Crippen LogP contribution in [-0.2, 0) is 16.6 Å². The molecule has 0 unspecified atom stereocenters. The molecule has 2 rings (SSSR count). The van der Waals surface area contributed by atoms with Crippen LogP contribution in [0.5, 0.6) is 0 Å². The van der Waals surface area contributed by atoms with Gasteiger partial charge >= 0.3 is 0 Å². The van der Waals surface area contributed by atoms with Crippen molar-refractivity contribution in [3.63, 3.8) is 0 Å². The summed E-state index contributed by atoms with van der Waals surface area (Å²) in [7, 11) is -3.49. The van der Waals surface area contributed by atoms with E-state index in [9.17, 15) is 8.42 Å². The van der Waals surface area contributed by atoms with Crippen molar-refractivity contribution in [2.45, 2.75) is 50.1 Å². The van der Waals surface area contributed by atoms with Crippen molar-refractivity contribution in [2.75, 3.05) is 6.54 Å². The van der Waals surface area contributed by atoms with E-state index in [1.54, 1.807) is 10.9 Å². The Morgan fingerprint density at radius 1 is 1.53 bits per heavy atom. The molecule has 7 heteroatoms. The molecule has 1 aliphatic carbocycles. The molecule has 1 aliphatic rings. The maximum Gasteiger partial charge on any atom is 0.244 e. The SMILES string of the molecule is CC(C)(NS(=O)(=O)c1cnn(CCCN)c1)C1CC1. The third-order valence-electron chi connectivity index (χ3n) is 3.51.